The number of nitrogens with one attached hydrogen (secondary N) is 1. The minimum absolute atomic E-state index is 0.0137. The van der Waals surface area contributed by atoms with Gasteiger partial charge in [-0.3, -0.25) is 0 Å². The molecule has 1 rings (SSSR count). The summed E-state index contributed by atoms with van der Waals surface area (Å²) in [5.41, 5.74) is 0. The van der Waals surface area contributed by atoms with Crippen LogP contribution in [0.4, 0.5) is 4.79 Å². The summed E-state index contributed by atoms with van der Waals surface area (Å²) in [6, 6.07) is 0.275. The number of hydrogen-bond acceptors (Lipinski definition) is 2. The van der Waals surface area contributed by atoms with Gasteiger partial charge in [-0.1, -0.05) is 13.8 Å². The lowest BCUT2D eigenvalue weighted by Crippen LogP contribution is -2.47. The molecule has 0 aliphatic carbocycles. The first kappa shape index (κ1) is 12.3. The zero-order chi connectivity index (χ0) is 11.3. The van der Waals surface area contributed by atoms with Crippen LogP contribution in [0.3, 0.4) is 0 Å². The SMILES string of the molecule is CCC(CC)NC(=O)N1CCCC1CO. The fourth-order valence-corrected chi connectivity index (χ4v) is 2.04. The number of carbonyl (C=O) groups excluding carboxylic acids is 1. The van der Waals surface area contributed by atoms with Crippen LogP contribution in [0, 0.1) is 0 Å². The van der Waals surface area contributed by atoms with Crippen molar-refractivity contribution in [3.63, 3.8) is 0 Å². The van der Waals surface area contributed by atoms with E-state index in [4.69, 9.17) is 5.11 Å². The quantitative estimate of drug-likeness (QED) is 0.742. The van der Waals surface area contributed by atoms with Gasteiger partial charge >= 0.3 is 6.03 Å². The molecule has 4 heteroatoms. The Morgan fingerprint density at radius 1 is 1.53 bits per heavy atom. The molecule has 4 nitrogen and oxygen atoms in total. The van der Waals surface area contributed by atoms with Gasteiger partial charge in [-0.15, -0.1) is 0 Å². The topological polar surface area (TPSA) is 52.6 Å². The second-order valence-electron chi connectivity index (χ2n) is 4.13. The van der Waals surface area contributed by atoms with Gasteiger partial charge in [0.2, 0.25) is 0 Å². The van der Waals surface area contributed by atoms with E-state index in [0.29, 0.717) is 0 Å². The summed E-state index contributed by atoms with van der Waals surface area (Å²) >= 11 is 0. The van der Waals surface area contributed by atoms with Crippen molar-refractivity contribution in [2.75, 3.05) is 13.2 Å². The highest BCUT2D eigenvalue weighted by molar-refractivity contribution is 5.75. The van der Waals surface area contributed by atoms with Crippen LogP contribution < -0.4 is 5.32 Å². The number of urea groups is 1. The van der Waals surface area contributed by atoms with Crippen molar-refractivity contribution in [3.05, 3.63) is 0 Å². The van der Waals surface area contributed by atoms with E-state index in [2.05, 4.69) is 19.2 Å². The summed E-state index contributed by atoms with van der Waals surface area (Å²) in [6.07, 6.45) is 3.84. The number of hydrogen-bond donors (Lipinski definition) is 2. The van der Waals surface area contributed by atoms with Crippen molar-refractivity contribution in [3.8, 4) is 0 Å². The van der Waals surface area contributed by atoms with Gasteiger partial charge in [0.05, 0.1) is 12.6 Å². The minimum atomic E-state index is -0.0137. The van der Waals surface area contributed by atoms with Gasteiger partial charge in [-0.05, 0) is 25.7 Å². The normalized spacial score (nSPS) is 21.1. The standard InChI is InChI=1S/C11H22N2O2/c1-3-9(4-2)12-11(15)13-7-5-6-10(13)8-14/h9-10,14H,3-8H2,1-2H3,(H,12,15). The Kier molecular flexibility index (Phi) is 4.88. The molecule has 0 aromatic heterocycles. The molecule has 1 unspecified atom stereocenters. The highest BCUT2D eigenvalue weighted by atomic mass is 16.3. The molecule has 1 atom stereocenters. The van der Waals surface area contributed by atoms with Gasteiger partial charge < -0.3 is 15.3 Å². The molecule has 1 aliphatic heterocycles. The van der Waals surface area contributed by atoms with E-state index in [1.807, 2.05) is 0 Å². The van der Waals surface area contributed by atoms with Crippen molar-refractivity contribution < 1.29 is 9.90 Å². The van der Waals surface area contributed by atoms with E-state index in [0.717, 1.165) is 32.2 Å². The number of nitrogens with zero attached hydrogens (tertiary/aromatic N) is 1. The van der Waals surface area contributed by atoms with Crippen LogP contribution in [-0.4, -0.2) is 41.3 Å². The Bertz CT molecular complexity index is 205. The molecule has 0 saturated carbocycles. The second kappa shape index (κ2) is 5.95. The molecule has 88 valence electrons. The van der Waals surface area contributed by atoms with Crippen LogP contribution in [0.5, 0.6) is 0 Å². The predicted octanol–water partition coefficient (Wildman–Crippen LogP) is 1.34. The fraction of sp³-hybridized carbons (Fsp3) is 0.909. The second-order valence-corrected chi connectivity index (χ2v) is 4.13. The average molecular weight is 214 g/mol. The molecule has 0 bridgehead atoms. The number of amides is 2. The predicted molar refractivity (Wildman–Crippen MR) is 59.7 cm³/mol. The molecule has 1 saturated heterocycles. The van der Waals surface area contributed by atoms with E-state index in [-0.39, 0.29) is 24.7 Å². The summed E-state index contributed by atoms with van der Waals surface area (Å²) in [5.74, 6) is 0. The molecule has 0 aromatic rings. The highest BCUT2D eigenvalue weighted by Crippen LogP contribution is 2.16. The number of carbonyl (C=O) groups is 1. The third-order valence-corrected chi connectivity index (χ3v) is 3.16. The van der Waals surface area contributed by atoms with Crippen LogP contribution in [0.1, 0.15) is 39.5 Å². The lowest BCUT2D eigenvalue weighted by molar-refractivity contribution is 0.154. The Labute approximate surface area is 91.6 Å². The summed E-state index contributed by atoms with van der Waals surface area (Å²) < 4.78 is 0. The maximum Gasteiger partial charge on any atom is 0.317 e. The van der Waals surface area contributed by atoms with Gasteiger partial charge in [0.15, 0.2) is 0 Å². The average Bonchev–Trinajstić information content (AvgIpc) is 2.73. The summed E-state index contributed by atoms with van der Waals surface area (Å²) in [4.78, 5) is 13.6. The first-order chi connectivity index (χ1) is 7.22. The van der Waals surface area contributed by atoms with Gasteiger partial charge in [-0.25, -0.2) is 4.79 Å². The smallest absolute Gasteiger partial charge is 0.317 e. The van der Waals surface area contributed by atoms with Gasteiger partial charge in [0.1, 0.15) is 0 Å². The molecule has 0 radical (unpaired) electrons. The maximum absolute atomic E-state index is 11.8. The van der Waals surface area contributed by atoms with Crippen molar-refractivity contribution in [1.82, 2.24) is 10.2 Å². The lowest BCUT2D eigenvalue weighted by atomic mass is 10.2. The van der Waals surface area contributed by atoms with Crippen LogP contribution >= 0.6 is 0 Å². The fourth-order valence-electron chi connectivity index (χ4n) is 2.04. The minimum Gasteiger partial charge on any atom is -0.394 e. The zero-order valence-corrected chi connectivity index (χ0v) is 9.70. The molecule has 2 N–H and O–H groups in total. The first-order valence-electron chi connectivity index (χ1n) is 5.90. The van der Waals surface area contributed by atoms with Crippen LogP contribution in [0.25, 0.3) is 0 Å². The Morgan fingerprint density at radius 3 is 2.73 bits per heavy atom. The van der Waals surface area contributed by atoms with E-state index in [1.165, 1.54) is 0 Å². The molecule has 1 heterocycles. The third-order valence-electron chi connectivity index (χ3n) is 3.16. The van der Waals surface area contributed by atoms with E-state index in [1.54, 1.807) is 4.90 Å². The van der Waals surface area contributed by atoms with E-state index < -0.39 is 0 Å². The molecule has 0 aromatic carbocycles. The molecular weight excluding hydrogens is 192 g/mol. The third kappa shape index (κ3) is 3.09. The molecular formula is C11H22N2O2. The monoisotopic (exact) mass is 214 g/mol. The number of aliphatic hydroxyl groups is 1. The lowest BCUT2D eigenvalue weighted by Gasteiger charge is -2.26. The number of likely N-dealkylation sites (tertiary alicyclic amines) is 1. The zero-order valence-electron chi connectivity index (χ0n) is 9.70. The van der Waals surface area contributed by atoms with Crippen LogP contribution in [-0.2, 0) is 0 Å². The number of aliphatic hydroxyl groups excluding tert-OH is 1. The van der Waals surface area contributed by atoms with Crippen molar-refractivity contribution in [2.45, 2.75) is 51.6 Å². The molecule has 0 spiro atoms. The van der Waals surface area contributed by atoms with Crippen molar-refractivity contribution in [2.24, 2.45) is 0 Å². The van der Waals surface area contributed by atoms with Crippen molar-refractivity contribution >= 4 is 6.03 Å². The highest BCUT2D eigenvalue weighted by Gasteiger charge is 2.28. The van der Waals surface area contributed by atoms with Gasteiger partial charge in [-0.2, -0.15) is 0 Å². The molecule has 2 amide bonds. The van der Waals surface area contributed by atoms with Crippen molar-refractivity contribution in [1.29, 1.82) is 0 Å². The van der Waals surface area contributed by atoms with E-state index in [9.17, 15) is 4.79 Å². The first-order valence-corrected chi connectivity index (χ1v) is 5.90. The van der Waals surface area contributed by atoms with Crippen LogP contribution in [0.2, 0.25) is 0 Å². The Balaban J connectivity index is 2.45. The Morgan fingerprint density at radius 2 is 2.20 bits per heavy atom. The van der Waals surface area contributed by atoms with Gasteiger partial charge in [0, 0.05) is 12.6 Å². The Hall–Kier alpha value is -0.770. The largest absolute Gasteiger partial charge is 0.394 e. The molecule has 15 heavy (non-hydrogen) atoms. The van der Waals surface area contributed by atoms with E-state index >= 15 is 0 Å². The molecule has 1 aliphatic rings. The summed E-state index contributed by atoms with van der Waals surface area (Å²) in [6.45, 7) is 5.00. The number of rotatable bonds is 4. The summed E-state index contributed by atoms with van der Waals surface area (Å²) in [7, 11) is 0. The van der Waals surface area contributed by atoms with Gasteiger partial charge in [0.25, 0.3) is 0 Å². The maximum atomic E-state index is 11.8. The van der Waals surface area contributed by atoms with Crippen LogP contribution in [0.15, 0.2) is 0 Å². The molecule has 1 fully saturated rings. The summed E-state index contributed by atoms with van der Waals surface area (Å²) in [5, 5.41) is 12.1.